The number of rotatable bonds is 5. The van der Waals surface area contributed by atoms with Crippen LogP contribution in [0.5, 0.6) is 0 Å². The predicted octanol–water partition coefficient (Wildman–Crippen LogP) is 1.83. The molecule has 6 nitrogen and oxygen atoms in total. The topological polar surface area (TPSA) is 66.9 Å². The van der Waals surface area contributed by atoms with E-state index in [1.807, 2.05) is 0 Å². The Hall–Kier alpha value is -1.02. The second-order valence-corrected chi connectivity index (χ2v) is 5.23. The molecule has 1 aromatic rings. The molecular weight excluding hydrogens is 270 g/mol. The smallest absolute Gasteiger partial charge is 0.335 e. The minimum atomic E-state index is -0.573. The minimum absolute atomic E-state index is 0.363. The van der Waals surface area contributed by atoms with Crippen LogP contribution < -0.4 is 0 Å². The molecule has 1 aromatic heterocycles. The highest BCUT2D eigenvalue weighted by molar-refractivity contribution is 7.11. The van der Waals surface area contributed by atoms with Crippen LogP contribution in [0, 0.1) is 0 Å². The zero-order valence-electron chi connectivity index (χ0n) is 11.1. The fraction of sp³-hybridized carbons (Fsp3) is 0.667. The van der Waals surface area contributed by atoms with Gasteiger partial charge in [-0.2, -0.15) is 0 Å². The summed E-state index contributed by atoms with van der Waals surface area (Å²) in [5.74, 6) is -0.390. The van der Waals surface area contributed by atoms with Gasteiger partial charge in [0.25, 0.3) is 0 Å². The molecule has 0 unspecified atom stereocenters. The summed E-state index contributed by atoms with van der Waals surface area (Å²) in [5, 5.41) is 0.746. The molecule has 0 bridgehead atoms. The lowest BCUT2D eigenvalue weighted by Crippen LogP contribution is -2.22. The van der Waals surface area contributed by atoms with Gasteiger partial charge in [0, 0.05) is 13.3 Å². The molecule has 7 heteroatoms. The van der Waals surface area contributed by atoms with E-state index in [-0.39, 0.29) is 12.4 Å². The summed E-state index contributed by atoms with van der Waals surface area (Å²) in [5.41, 5.74) is 0. The van der Waals surface area contributed by atoms with E-state index in [0.717, 1.165) is 9.88 Å². The van der Waals surface area contributed by atoms with Gasteiger partial charge >= 0.3 is 5.97 Å². The summed E-state index contributed by atoms with van der Waals surface area (Å²) in [4.78, 5) is 16.7. The van der Waals surface area contributed by atoms with Gasteiger partial charge in [-0.3, -0.25) is 0 Å². The van der Waals surface area contributed by atoms with Crippen LogP contribution in [0.25, 0.3) is 0 Å². The van der Waals surface area contributed by atoms with Crippen LogP contribution in [0.4, 0.5) is 0 Å². The van der Waals surface area contributed by atoms with Crippen LogP contribution in [0.3, 0.4) is 0 Å². The Morgan fingerprint density at radius 2 is 2.16 bits per heavy atom. The fourth-order valence-corrected chi connectivity index (χ4v) is 2.42. The normalized spacial score (nSPS) is 19.3. The lowest BCUT2D eigenvalue weighted by atomic mass is 10.3. The number of hydrogen-bond acceptors (Lipinski definition) is 7. The summed E-state index contributed by atoms with van der Waals surface area (Å²) < 4.78 is 20.9. The van der Waals surface area contributed by atoms with Crippen molar-refractivity contribution < 1.29 is 23.7 Å². The monoisotopic (exact) mass is 287 g/mol. The number of carbonyl (C=O) groups excluding carboxylic acids is 1. The van der Waals surface area contributed by atoms with Gasteiger partial charge in [0.05, 0.1) is 18.1 Å². The molecular formula is C12H17NO5S. The molecule has 1 saturated heterocycles. The third-order valence-corrected chi connectivity index (χ3v) is 3.92. The highest BCUT2D eigenvalue weighted by Crippen LogP contribution is 2.31. The first-order valence-electron chi connectivity index (χ1n) is 6.04. The maximum Gasteiger partial charge on any atom is 0.335 e. The van der Waals surface area contributed by atoms with Crippen LogP contribution in [0.1, 0.15) is 36.1 Å². The molecule has 1 aliphatic heterocycles. The Balaban J connectivity index is 1.95. The number of methoxy groups -OCH3 is 1. The van der Waals surface area contributed by atoms with Gasteiger partial charge in [0.15, 0.2) is 6.10 Å². The van der Waals surface area contributed by atoms with Crippen molar-refractivity contribution in [1.29, 1.82) is 0 Å². The van der Waals surface area contributed by atoms with Crippen LogP contribution >= 0.6 is 11.3 Å². The van der Waals surface area contributed by atoms with E-state index in [1.165, 1.54) is 18.4 Å². The molecule has 0 N–H and O–H groups in total. The summed E-state index contributed by atoms with van der Waals surface area (Å²) in [6.07, 6.45) is 0.356. The van der Waals surface area contributed by atoms with Crippen molar-refractivity contribution in [3.8, 4) is 0 Å². The number of thiazole rings is 1. The van der Waals surface area contributed by atoms with Gasteiger partial charge in [-0.1, -0.05) is 0 Å². The van der Waals surface area contributed by atoms with Gasteiger partial charge < -0.3 is 18.9 Å². The third-order valence-electron chi connectivity index (χ3n) is 2.74. The summed E-state index contributed by atoms with van der Waals surface area (Å²) in [6.45, 7) is 4.60. The van der Waals surface area contributed by atoms with Crippen molar-refractivity contribution >= 4 is 17.3 Å². The SMILES string of the molecule is CO[C@H](C)C(=O)O[C@@H](C)c1cnc(C2OCCO2)s1. The molecule has 2 rings (SSSR count). The Labute approximate surface area is 115 Å². The van der Waals surface area contributed by atoms with Crippen molar-refractivity contribution in [3.05, 3.63) is 16.1 Å². The van der Waals surface area contributed by atoms with Gasteiger partial charge in [-0.25, -0.2) is 9.78 Å². The van der Waals surface area contributed by atoms with Crippen LogP contribution in [-0.4, -0.2) is 37.4 Å². The first-order valence-corrected chi connectivity index (χ1v) is 6.85. The van der Waals surface area contributed by atoms with E-state index in [9.17, 15) is 4.79 Å². The third kappa shape index (κ3) is 3.50. The molecule has 0 radical (unpaired) electrons. The highest BCUT2D eigenvalue weighted by atomic mass is 32.1. The average Bonchev–Trinajstić information content (AvgIpc) is 3.07. The summed E-state index contributed by atoms with van der Waals surface area (Å²) >= 11 is 1.42. The first kappa shape index (κ1) is 14.4. The molecule has 2 atom stereocenters. The molecule has 2 heterocycles. The van der Waals surface area contributed by atoms with Crippen molar-refractivity contribution in [1.82, 2.24) is 4.98 Å². The second-order valence-electron chi connectivity index (χ2n) is 4.13. The maximum absolute atomic E-state index is 11.6. The largest absolute Gasteiger partial charge is 0.455 e. The lowest BCUT2D eigenvalue weighted by Gasteiger charge is -2.14. The Morgan fingerprint density at radius 3 is 2.79 bits per heavy atom. The van der Waals surface area contributed by atoms with Crippen LogP contribution in [-0.2, 0) is 23.7 Å². The molecule has 1 aliphatic rings. The van der Waals surface area contributed by atoms with Crippen molar-refractivity contribution in [2.24, 2.45) is 0 Å². The number of hydrogen-bond donors (Lipinski definition) is 0. The van der Waals surface area contributed by atoms with E-state index in [1.54, 1.807) is 20.0 Å². The number of aromatic nitrogens is 1. The van der Waals surface area contributed by atoms with Crippen molar-refractivity contribution in [3.63, 3.8) is 0 Å². The molecule has 0 aromatic carbocycles. The molecule has 19 heavy (non-hydrogen) atoms. The highest BCUT2D eigenvalue weighted by Gasteiger charge is 2.24. The van der Waals surface area contributed by atoms with E-state index in [4.69, 9.17) is 18.9 Å². The number of nitrogens with zero attached hydrogens (tertiary/aromatic N) is 1. The Kier molecular flexibility index (Phi) is 4.87. The Bertz CT molecular complexity index is 430. The van der Waals surface area contributed by atoms with Gasteiger partial charge in [0.2, 0.25) is 6.29 Å². The average molecular weight is 287 g/mol. The Morgan fingerprint density at radius 1 is 1.47 bits per heavy atom. The maximum atomic E-state index is 11.6. The summed E-state index contributed by atoms with van der Waals surface area (Å²) in [7, 11) is 1.47. The van der Waals surface area contributed by atoms with E-state index >= 15 is 0 Å². The van der Waals surface area contributed by atoms with Gasteiger partial charge in [-0.05, 0) is 13.8 Å². The molecule has 106 valence electrons. The summed E-state index contributed by atoms with van der Waals surface area (Å²) in [6, 6.07) is 0. The predicted molar refractivity (Wildman–Crippen MR) is 67.7 cm³/mol. The molecule has 1 fully saturated rings. The molecule has 0 amide bonds. The molecule has 0 spiro atoms. The van der Waals surface area contributed by atoms with Crippen LogP contribution in [0.15, 0.2) is 6.20 Å². The van der Waals surface area contributed by atoms with Crippen LogP contribution in [0.2, 0.25) is 0 Å². The van der Waals surface area contributed by atoms with E-state index < -0.39 is 12.1 Å². The number of esters is 1. The zero-order valence-corrected chi connectivity index (χ0v) is 11.9. The van der Waals surface area contributed by atoms with Crippen molar-refractivity contribution in [2.75, 3.05) is 20.3 Å². The lowest BCUT2D eigenvalue weighted by molar-refractivity contribution is -0.159. The quantitative estimate of drug-likeness (QED) is 0.770. The van der Waals surface area contributed by atoms with E-state index in [0.29, 0.717) is 13.2 Å². The van der Waals surface area contributed by atoms with Gasteiger partial charge in [-0.15, -0.1) is 11.3 Å². The number of ether oxygens (including phenoxy) is 4. The van der Waals surface area contributed by atoms with Gasteiger partial charge in [0.1, 0.15) is 11.1 Å². The number of carbonyl (C=O) groups is 1. The van der Waals surface area contributed by atoms with Crippen molar-refractivity contribution in [2.45, 2.75) is 32.3 Å². The zero-order chi connectivity index (χ0) is 13.8. The molecule has 0 aliphatic carbocycles. The second kappa shape index (κ2) is 6.42. The van der Waals surface area contributed by atoms with E-state index in [2.05, 4.69) is 4.98 Å². The standard InChI is InChI=1S/C12H17NO5S/c1-7(18-11(14)8(2)15-3)9-6-13-10(19-9)12-16-4-5-17-12/h6-8,12H,4-5H2,1-3H3/t7-,8+/m0/s1. The fourth-order valence-electron chi connectivity index (χ4n) is 1.52. The first-order chi connectivity index (χ1) is 9.11. The molecule has 0 saturated carbocycles. The minimum Gasteiger partial charge on any atom is -0.455 e.